The molecule has 1 spiro atoms. The molecule has 3 aliphatic rings. The Hall–Kier alpha value is -4.47. The molecule has 6 rings (SSSR count). The van der Waals surface area contributed by atoms with Gasteiger partial charge in [0.15, 0.2) is 5.82 Å². The summed E-state index contributed by atoms with van der Waals surface area (Å²) in [5.74, 6) is -0.706. The molecule has 1 saturated carbocycles. The van der Waals surface area contributed by atoms with Crippen molar-refractivity contribution < 1.29 is 24.0 Å². The fourth-order valence-electron chi connectivity index (χ4n) is 5.59. The highest BCUT2D eigenvalue weighted by Gasteiger charge is 2.57. The van der Waals surface area contributed by atoms with Crippen LogP contribution >= 0.6 is 0 Å². The molecule has 3 heterocycles. The Balaban J connectivity index is 1.19. The zero-order chi connectivity index (χ0) is 27.0. The van der Waals surface area contributed by atoms with Gasteiger partial charge in [-0.05, 0) is 49.5 Å². The van der Waals surface area contributed by atoms with E-state index in [-0.39, 0.29) is 30.1 Å². The summed E-state index contributed by atoms with van der Waals surface area (Å²) in [7, 11) is 0. The summed E-state index contributed by atoms with van der Waals surface area (Å²) < 4.78 is 5.38. The zero-order valence-electron chi connectivity index (χ0n) is 21.4. The highest BCUT2D eigenvalue weighted by atomic mass is 16.5. The number of carbonyl (C=O) groups excluding carboxylic acids is 2. The largest absolute Gasteiger partial charge is 0.480 e. The molecule has 10 nitrogen and oxygen atoms in total. The van der Waals surface area contributed by atoms with Gasteiger partial charge in [0, 0.05) is 24.9 Å². The first kappa shape index (κ1) is 24.8. The van der Waals surface area contributed by atoms with Crippen LogP contribution in [-0.2, 0) is 26.3 Å². The minimum Gasteiger partial charge on any atom is -0.480 e. The predicted octanol–water partition coefficient (Wildman–Crippen LogP) is 3.07. The fourth-order valence-corrected chi connectivity index (χ4v) is 5.59. The highest BCUT2D eigenvalue weighted by molar-refractivity contribution is 5.95. The molecule has 1 N–H and O–H groups in total. The number of carboxylic acid groups (broad SMARTS) is 1. The molecule has 10 heteroatoms. The minimum absolute atomic E-state index is 0.0580. The van der Waals surface area contributed by atoms with Crippen LogP contribution < -0.4 is 4.90 Å². The van der Waals surface area contributed by atoms with Crippen LogP contribution in [0.5, 0.6) is 0 Å². The molecule has 3 aromatic rings. The first-order chi connectivity index (χ1) is 18.9. The lowest BCUT2D eigenvalue weighted by Gasteiger charge is -2.43. The van der Waals surface area contributed by atoms with Crippen molar-refractivity contribution in [1.82, 2.24) is 19.9 Å². The summed E-state index contributed by atoms with van der Waals surface area (Å²) in [5.41, 5.74) is 0.00754. The molecule has 1 aliphatic carbocycles. The number of hydrogen-bond donors (Lipinski definition) is 1. The number of aromatic nitrogens is 2. The number of hydrogen-bond acceptors (Lipinski definition) is 7. The van der Waals surface area contributed by atoms with Gasteiger partial charge in [0.1, 0.15) is 17.5 Å². The van der Waals surface area contributed by atoms with Gasteiger partial charge in [-0.15, -0.1) is 0 Å². The summed E-state index contributed by atoms with van der Waals surface area (Å²) >= 11 is 0. The summed E-state index contributed by atoms with van der Waals surface area (Å²) in [6.45, 7) is 1.32. The van der Waals surface area contributed by atoms with Crippen LogP contribution in [0.25, 0.3) is 6.08 Å². The number of likely N-dealkylation sites (tertiary alicyclic amines) is 1. The van der Waals surface area contributed by atoms with Crippen molar-refractivity contribution in [3.8, 4) is 0 Å². The van der Waals surface area contributed by atoms with E-state index >= 15 is 0 Å². The van der Waals surface area contributed by atoms with Gasteiger partial charge >= 0.3 is 5.97 Å². The number of para-hydroxylation sites is 1. The number of aliphatic carboxylic acids is 1. The van der Waals surface area contributed by atoms with Crippen LogP contribution in [0.3, 0.4) is 0 Å². The van der Waals surface area contributed by atoms with Crippen LogP contribution in [0, 0.1) is 0 Å². The van der Waals surface area contributed by atoms with E-state index in [1.807, 2.05) is 60.7 Å². The summed E-state index contributed by atoms with van der Waals surface area (Å²) in [6, 6.07) is 19.4. The molecule has 39 heavy (non-hydrogen) atoms. The molecule has 0 bridgehead atoms. The standard InChI is InChI=1S/C29H29N5O5/c35-24(12-11-21-7-3-1-4-8-21)32-17-15-29(16-18-32)26(36)33(20-34(29)22-9-5-2-6-10-22)19-23-30-25(31-39-23)28(13-14-28)27(37)38/h1-12H,13-20H2,(H,37,38)/b12-11+. The molecular formula is C29H29N5O5. The Morgan fingerprint density at radius 1 is 0.974 bits per heavy atom. The normalized spacial score (nSPS) is 19.7. The van der Waals surface area contributed by atoms with E-state index in [1.165, 1.54) is 0 Å². The van der Waals surface area contributed by atoms with Crippen LogP contribution in [0.1, 0.15) is 43.0 Å². The van der Waals surface area contributed by atoms with Crippen molar-refractivity contribution in [1.29, 1.82) is 0 Å². The number of anilines is 1. The Bertz CT molecular complexity index is 1410. The van der Waals surface area contributed by atoms with Crippen LogP contribution in [0.4, 0.5) is 5.69 Å². The zero-order valence-corrected chi connectivity index (χ0v) is 21.4. The molecule has 2 aliphatic heterocycles. The second-order valence-corrected chi connectivity index (χ2v) is 10.4. The third-order valence-corrected chi connectivity index (χ3v) is 8.08. The van der Waals surface area contributed by atoms with Gasteiger partial charge in [0.25, 0.3) is 5.91 Å². The third-order valence-electron chi connectivity index (χ3n) is 8.08. The molecule has 2 saturated heterocycles. The molecule has 3 fully saturated rings. The Kier molecular flexibility index (Phi) is 6.17. The third kappa shape index (κ3) is 4.45. The summed E-state index contributed by atoms with van der Waals surface area (Å²) in [5, 5.41) is 13.5. The number of amides is 2. The van der Waals surface area contributed by atoms with Crippen LogP contribution in [-0.4, -0.2) is 68.1 Å². The maximum atomic E-state index is 14.0. The van der Waals surface area contributed by atoms with Gasteiger partial charge in [-0.2, -0.15) is 4.98 Å². The average Bonchev–Trinajstić information content (AvgIpc) is 3.59. The lowest BCUT2D eigenvalue weighted by atomic mass is 9.85. The predicted molar refractivity (Wildman–Crippen MR) is 141 cm³/mol. The van der Waals surface area contributed by atoms with Gasteiger partial charge in [-0.25, -0.2) is 0 Å². The summed E-state index contributed by atoms with van der Waals surface area (Å²) in [6.07, 6.45) is 5.32. The monoisotopic (exact) mass is 527 g/mol. The molecular weight excluding hydrogens is 498 g/mol. The molecule has 1 aromatic heterocycles. The van der Waals surface area contributed by atoms with Crippen molar-refractivity contribution in [2.24, 2.45) is 0 Å². The van der Waals surface area contributed by atoms with E-state index in [0.717, 1.165) is 11.3 Å². The number of carboxylic acids is 1. The molecule has 200 valence electrons. The van der Waals surface area contributed by atoms with Gasteiger partial charge in [-0.3, -0.25) is 14.4 Å². The van der Waals surface area contributed by atoms with E-state index in [9.17, 15) is 19.5 Å². The maximum Gasteiger partial charge on any atom is 0.317 e. The molecule has 0 unspecified atom stereocenters. The van der Waals surface area contributed by atoms with Crippen LogP contribution in [0.15, 0.2) is 71.3 Å². The highest BCUT2D eigenvalue weighted by Crippen LogP contribution is 2.47. The number of carbonyl (C=O) groups is 3. The number of rotatable bonds is 7. The Morgan fingerprint density at radius 3 is 2.28 bits per heavy atom. The lowest BCUT2D eigenvalue weighted by Crippen LogP contribution is -2.57. The number of nitrogens with zero attached hydrogens (tertiary/aromatic N) is 5. The van der Waals surface area contributed by atoms with Gasteiger partial charge in [0.2, 0.25) is 11.8 Å². The van der Waals surface area contributed by atoms with E-state index in [2.05, 4.69) is 15.0 Å². The van der Waals surface area contributed by atoms with Gasteiger partial charge in [0.05, 0.1) is 6.67 Å². The lowest BCUT2D eigenvalue weighted by molar-refractivity contribution is -0.140. The van der Waals surface area contributed by atoms with E-state index < -0.39 is 16.9 Å². The SMILES string of the molecule is O=C(/C=C/c1ccccc1)N1CCC2(CC1)C(=O)N(Cc1nc(C3(C(=O)O)CC3)no1)CN2c1ccccc1. The minimum atomic E-state index is -1.07. The van der Waals surface area contributed by atoms with Crippen molar-refractivity contribution in [2.75, 3.05) is 24.7 Å². The first-order valence-electron chi connectivity index (χ1n) is 13.1. The van der Waals surface area contributed by atoms with E-state index in [1.54, 1.807) is 22.0 Å². The number of piperidine rings is 1. The smallest absolute Gasteiger partial charge is 0.317 e. The summed E-state index contributed by atoms with van der Waals surface area (Å²) in [4.78, 5) is 48.4. The van der Waals surface area contributed by atoms with Crippen molar-refractivity contribution >= 4 is 29.5 Å². The van der Waals surface area contributed by atoms with Crippen molar-refractivity contribution in [2.45, 2.75) is 43.2 Å². The molecule has 2 aromatic carbocycles. The maximum absolute atomic E-state index is 14.0. The number of benzene rings is 2. The molecule has 0 atom stereocenters. The fraction of sp³-hybridized carbons (Fsp3) is 0.345. The Morgan fingerprint density at radius 2 is 1.64 bits per heavy atom. The van der Waals surface area contributed by atoms with E-state index in [0.29, 0.717) is 45.4 Å². The topological polar surface area (TPSA) is 120 Å². The van der Waals surface area contributed by atoms with Crippen LogP contribution in [0.2, 0.25) is 0 Å². The van der Waals surface area contributed by atoms with E-state index in [4.69, 9.17) is 4.52 Å². The molecule has 2 amide bonds. The second-order valence-electron chi connectivity index (χ2n) is 10.4. The average molecular weight is 528 g/mol. The Labute approximate surface area is 225 Å². The van der Waals surface area contributed by atoms with Gasteiger partial charge < -0.3 is 24.3 Å². The first-order valence-corrected chi connectivity index (χ1v) is 13.1. The second kappa shape index (κ2) is 9.68. The van der Waals surface area contributed by atoms with Crippen molar-refractivity contribution in [3.63, 3.8) is 0 Å². The van der Waals surface area contributed by atoms with Crippen molar-refractivity contribution in [3.05, 3.63) is 84.0 Å². The quantitative estimate of drug-likeness (QED) is 0.466. The molecule has 0 radical (unpaired) electrons. The van der Waals surface area contributed by atoms with Gasteiger partial charge in [-0.1, -0.05) is 53.7 Å².